The molecule has 0 radical (unpaired) electrons. The van der Waals surface area contributed by atoms with Crippen molar-refractivity contribution >= 4 is 11.7 Å². The molecule has 1 unspecified atom stereocenters. The summed E-state index contributed by atoms with van der Waals surface area (Å²) < 4.78 is 16.2. The van der Waals surface area contributed by atoms with Crippen LogP contribution in [0.2, 0.25) is 0 Å². The molecule has 1 amide bonds. The molecule has 0 bridgehead atoms. The Labute approximate surface area is 191 Å². The molecule has 0 spiro atoms. The zero-order valence-corrected chi connectivity index (χ0v) is 20.5. The van der Waals surface area contributed by atoms with E-state index in [4.69, 9.17) is 14.2 Å². The summed E-state index contributed by atoms with van der Waals surface area (Å²) in [4.78, 5) is 23.8. The number of hydrogen-bond donors (Lipinski definition) is 2. The lowest BCUT2D eigenvalue weighted by molar-refractivity contribution is -0.125. The minimum Gasteiger partial charge on any atom is -0.504 e. The Hall–Kier alpha value is -2.96. The number of rotatable bonds is 12. The summed E-state index contributed by atoms with van der Waals surface area (Å²) in [6.07, 6.45) is 6.27. The summed E-state index contributed by atoms with van der Waals surface area (Å²) in [7, 11) is 4.53. The molecule has 178 valence electrons. The van der Waals surface area contributed by atoms with Crippen LogP contribution in [-0.2, 0) is 16.0 Å². The molecule has 0 fully saturated rings. The molecule has 0 aliphatic carbocycles. The van der Waals surface area contributed by atoms with E-state index in [0.717, 1.165) is 17.6 Å². The van der Waals surface area contributed by atoms with E-state index in [-0.39, 0.29) is 23.2 Å². The number of carbonyl (C=O) groups is 2. The van der Waals surface area contributed by atoms with Crippen LogP contribution in [0.5, 0.6) is 23.0 Å². The first-order valence-electron chi connectivity index (χ1n) is 10.8. The lowest BCUT2D eigenvalue weighted by atomic mass is 9.99. The number of phenols is 1. The van der Waals surface area contributed by atoms with Crippen LogP contribution in [0.3, 0.4) is 0 Å². The first-order valence-corrected chi connectivity index (χ1v) is 10.8. The summed E-state index contributed by atoms with van der Waals surface area (Å²) in [5.74, 6) is 0.965. The number of ether oxygens (including phenoxy) is 3. The van der Waals surface area contributed by atoms with Crippen molar-refractivity contribution in [2.45, 2.75) is 66.3 Å². The minimum absolute atomic E-state index is 0.00951. The van der Waals surface area contributed by atoms with Crippen LogP contribution in [0.15, 0.2) is 23.3 Å². The Morgan fingerprint density at radius 1 is 1.03 bits per heavy atom. The number of phenolic OH excluding ortho intramolecular Hbond substituents is 1. The lowest BCUT2D eigenvalue weighted by Crippen LogP contribution is -2.38. The number of Topliss-reactive ketones (excluding diaryl/α,β-unsaturated/α-hetero) is 1. The van der Waals surface area contributed by atoms with Gasteiger partial charge in [0, 0.05) is 23.1 Å². The molecule has 7 heteroatoms. The van der Waals surface area contributed by atoms with E-state index < -0.39 is 6.04 Å². The number of hydrogen-bond acceptors (Lipinski definition) is 6. The van der Waals surface area contributed by atoms with Gasteiger partial charge in [-0.15, -0.1) is 0 Å². The quantitative estimate of drug-likeness (QED) is 0.364. The van der Waals surface area contributed by atoms with Gasteiger partial charge in [-0.2, -0.15) is 0 Å². The molecule has 0 aromatic heterocycles. The number of carbonyl (C=O) groups excluding carboxylic acids is 2. The molecule has 0 aliphatic heterocycles. The molecule has 1 aromatic rings. The van der Waals surface area contributed by atoms with Gasteiger partial charge in [0.2, 0.25) is 17.4 Å². The highest BCUT2D eigenvalue weighted by atomic mass is 16.5. The largest absolute Gasteiger partial charge is 0.504 e. The molecule has 1 aromatic carbocycles. The van der Waals surface area contributed by atoms with Gasteiger partial charge in [0.1, 0.15) is 0 Å². The van der Waals surface area contributed by atoms with Gasteiger partial charge in [-0.3, -0.25) is 9.59 Å². The van der Waals surface area contributed by atoms with E-state index in [0.29, 0.717) is 41.9 Å². The number of benzene rings is 1. The van der Waals surface area contributed by atoms with E-state index in [1.807, 2.05) is 26.0 Å². The fraction of sp³-hybridized carbons (Fsp3) is 0.520. The molecule has 0 aliphatic rings. The molecule has 0 heterocycles. The SMILES string of the molecule is CCC(=O)C(C)NC(=O)/C(C)=C/CC/C(C)=C/Cc1c(C)c(OC)c(OC)c(OC)c1O. The molecular formula is C25H37NO6. The molecule has 1 atom stereocenters. The van der Waals surface area contributed by atoms with Crippen LogP contribution in [0.1, 0.15) is 58.1 Å². The van der Waals surface area contributed by atoms with Crippen LogP contribution < -0.4 is 19.5 Å². The number of methoxy groups -OCH3 is 3. The smallest absolute Gasteiger partial charge is 0.247 e. The Kier molecular flexibility index (Phi) is 10.8. The highest BCUT2D eigenvalue weighted by Gasteiger charge is 2.23. The maximum Gasteiger partial charge on any atom is 0.247 e. The summed E-state index contributed by atoms with van der Waals surface area (Å²) in [5, 5.41) is 13.4. The Balaban J connectivity index is 2.87. The zero-order chi connectivity index (χ0) is 24.4. The van der Waals surface area contributed by atoms with E-state index in [1.165, 1.54) is 14.2 Å². The molecule has 32 heavy (non-hydrogen) atoms. The number of ketones is 1. The zero-order valence-electron chi connectivity index (χ0n) is 20.5. The third-order valence-corrected chi connectivity index (χ3v) is 5.50. The normalized spacial score (nSPS) is 12.9. The Morgan fingerprint density at radius 2 is 1.62 bits per heavy atom. The number of allylic oxidation sites excluding steroid dienone is 3. The molecule has 2 N–H and O–H groups in total. The van der Waals surface area contributed by atoms with Crippen molar-refractivity contribution in [2.75, 3.05) is 21.3 Å². The van der Waals surface area contributed by atoms with Gasteiger partial charge in [-0.1, -0.05) is 24.6 Å². The highest BCUT2D eigenvalue weighted by Crippen LogP contribution is 2.48. The van der Waals surface area contributed by atoms with Crippen molar-refractivity contribution in [3.05, 3.63) is 34.4 Å². The number of amides is 1. The van der Waals surface area contributed by atoms with Crippen molar-refractivity contribution in [1.82, 2.24) is 5.32 Å². The van der Waals surface area contributed by atoms with E-state index in [9.17, 15) is 14.7 Å². The van der Waals surface area contributed by atoms with Gasteiger partial charge in [0.25, 0.3) is 0 Å². The van der Waals surface area contributed by atoms with Crippen LogP contribution >= 0.6 is 0 Å². The minimum atomic E-state index is -0.480. The van der Waals surface area contributed by atoms with E-state index >= 15 is 0 Å². The number of aromatic hydroxyl groups is 1. The highest BCUT2D eigenvalue weighted by molar-refractivity contribution is 5.96. The van der Waals surface area contributed by atoms with Gasteiger partial charge >= 0.3 is 0 Å². The van der Waals surface area contributed by atoms with Crippen molar-refractivity contribution in [1.29, 1.82) is 0 Å². The predicted octanol–water partition coefficient (Wildman–Crippen LogP) is 4.43. The van der Waals surface area contributed by atoms with Gasteiger partial charge in [-0.25, -0.2) is 0 Å². The van der Waals surface area contributed by atoms with Gasteiger partial charge in [0.15, 0.2) is 17.3 Å². The number of nitrogens with one attached hydrogen (secondary N) is 1. The van der Waals surface area contributed by atoms with Crippen LogP contribution in [0.25, 0.3) is 0 Å². The summed E-state index contributed by atoms with van der Waals surface area (Å²) in [6, 6.07) is -0.480. The first-order chi connectivity index (χ1) is 15.1. The maximum absolute atomic E-state index is 12.2. The van der Waals surface area contributed by atoms with Gasteiger partial charge < -0.3 is 24.6 Å². The van der Waals surface area contributed by atoms with Crippen LogP contribution in [0, 0.1) is 6.92 Å². The van der Waals surface area contributed by atoms with Crippen LogP contribution in [-0.4, -0.2) is 44.2 Å². The second-order valence-corrected chi connectivity index (χ2v) is 7.75. The van der Waals surface area contributed by atoms with Crippen molar-refractivity contribution in [2.24, 2.45) is 0 Å². The van der Waals surface area contributed by atoms with Crippen LogP contribution in [0.4, 0.5) is 0 Å². The van der Waals surface area contributed by atoms with E-state index in [1.54, 1.807) is 27.9 Å². The molecule has 0 saturated heterocycles. The molecule has 0 saturated carbocycles. The average Bonchev–Trinajstić information content (AvgIpc) is 2.77. The molecular weight excluding hydrogens is 410 g/mol. The molecule has 1 rings (SSSR count). The topological polar surface area (TPSA) is 94.1 Å². The Morgan fingerprint density at radius 3 is 2.16 bits per heavy atom. The summed E-state index contributed by atoms with van der Waals surface area (Å²) >= 11 is 0. The third-order valence-electron chi connectivity index (χ3n) is 5.50. The Bertz CT molecular complexity index is 854. The monoisotopic (exact) mass is 447 g/mol. The second-order valence-electron chi connectivity index (χ2n) is 7.75. The third kappa shape index (κ3) is 6.77. The summed E-state index contributed by atoms with van der Waals surface area (Å²) in [5.41, 5.74) is 3.21. The van der Waals surface area contributed by atoms with Crippen molar-refractivity contribution in [3.8, 4) is 23.0 Å². The predicted molar refractivity (Wildman–Crippen MR) is 126 cm³/mol. The lowest BCUT2D eigenvalue weighted by Gasteiger charge is -2.19. The maximum atomic E-state index is 12.2. The standard InChI is InChI=1S/C25H37NO6/c1-9-20(27)18(5)26-25(29)16(3)12-10-11-15(2)13-14-19-17(4)22(30-6)24(32-8)23(31-7)21(19)28/h12-13,18,28H,9-11,14H2,1-8H3,(H,26,29)/b15-13+,16-12+. The van der Waals surface area contributed by atoms with Gasteiger partial charge in [-0.05, 0) is 47.0 Å². The average molecular weight is 448 g/mol. The van der Waals surface area contributed by atoms with Crippen molar-refractivity contribution in [3.63, 3.8) is 0 Å². The fourth-order valence-electron chi connectivity index (χ4n) is 3.39. The van der Waals surface area contributed by atoms with Crippen molar-refractivity contribution < 1.29 is 28.9 Å². The van der Waals surface area contributed by atoms with E-state index in [2.05, 4.69) is 5.32 Å². The first kappa shape index (κ1) is 27.1. The molecule has 7 nitrogen and oxygen atoms in total. The summed E-state index contributed by atoms with van der Waals surface area (Å²) in [6.45, 7) is 9.10. The fourth-order valence-corrected chi connectivity index (χ4v) is 3.39. The van der Waals surface area contributed by atoms with Gasteiger partial charge in [0.05, 0.1) is 27.4 Å². The second kappa shape index (κ2) is 12.8.